The lowest BCUT2D eigenvalue weighted by Crippen LogP contribution is -2.38. The Bertz CT molecular complexity index is 795. The molecule has 2 aromatic carbocycles. The summed E-state index contributed by atoms with van der Waals surface area (Å²) < 4.78 is 10.8. The SMILES string of the molecule is O=C(/C=C/c1cccc(Oc2ccccc2)c1)OCC(=O)N1CCCCC1. The van der Waals surface area contributed by atoms with Crippen LogP contribution in [0.3, 0.4) is 0 Å². The molecule has 1 aliphatic rings. The van der Waals surface area contributed by atoms with E-state index in [9.17, 15) is 9.59 Å². The van der Waals surface area contributed by atoms with Crippen molar-refractivity contribution in [2.75, 3.05) is 19.7 Å². The van der Waals surface area contributed by atoms with E-state index in [-0.39, 0.29) is 12.5 Å². The molecule has 0 spiro atoms. The fourth-order valence-corrected chi connectivity index (χ4v) is 2.89. The molecule has 1 heterocycles. The van der Waals surface area contributed by atoms with Gasteiger partial charge in [-0.2, -0.15) is 0 Å². The first-order valence-electron chi connectivity index (χ1n) is 9.16. The van der Waals surface area contributed by atoms with E-state index in [1.54, 1.807) is 11.0 Å². The zero-order valence-corrected chi connectivity index (χ0v) is 15.2. The van der Waals surface area contributed by atoms with Crippen molar-refractivity contribution in [1.82, 2.24) is 4.90 Å². The van der Waals surface area contributed by atoms with Crippen LogP contribution in [0.1, 0.15) is 24.8 Å². The van der Waals surface area contributed by atoms with E-state index in [0.717, 1.165) is 43.7 Å². The highest BCUT2D eigenvalue weighted by Crippen LogP contribution is 2.22. The molecule has 2 aromatic rings. The van der Waals surface area contributed by atoms with E-state index in [1.807, 2.05) is 54.6 Å². The van der Waals surface area contributed by atoms with Crippen molar-refractivity contribution in [3.05, 3.63) is 66.2 Å². The number of amides is 1. The predicted octanol–water partition coefficient (Wildman–Crippen LogP) is 4.05. The highest BCUT2D eigenvalue weighted by atomic mass is 16.5. The van der Waals surface area contributed by atoms with Gasteiger partial charge in [0, 0.05) is 19.2 Å². The van der Waals surface area contributed by atoms with Crippen molar-refractivity contribution in [3.63, 3.8) is 0 Å². The van der Waals surface area contributed by atoms with Crippen LogP contribution in [0.2, 0.25) is 0 Å². The second kappa shape index (κ2) is 9.57. The van der Waals surface area contributed by atoms with Crippen LogP contribution in [0.25, 0.3) is 6.08 Å². The minimum absolute atomic E-state index is 0.130. The van der Waals surface area contributed by atoms with Gasteiger partial charge in [0.1, 0.15) is 11.5 Å². The summed E-state index contributed by atoms with van der Waals surface area (Å²) in [4.78, 5) is 25.6. The number of ether oxygens (including phenoxy) is 2. The fourth-order valence-electron chi connectivity index (χ4n) is 2.89. The molecule has 1 amide bonds. The van der Waals surface area contributed by atoms with Crippen molar-refractivity contribution >= 4 is 18.0 Å². The Morgan fingerprint density at radius 2 is 1.67 bits per heavy atom. The molecule has 27 heavy (non-hydrogen) atoms. The van der Waals surface area contributed by atoms with Crippen LogP contribution in [-0.2, 0) is 14.3 Å². The van der Waals surface area contributed by atoms with E-state index in [2.05, 4.69) is 0 Å². The summed E-state index contributed by atoms with van der Waals surface area (Å²) in [5, 5.41) is 0. The third kappa shape index (κ3) is 5.99. The molecule has 0 aromatic heterocycles. The zero-order valence-electron chi connectivity index (χ0n) is 15.2. The smallest absolute Gasteiger partial charge is 0.331 e. The molecule has 1 saturated heterocycles. The van der Waals surface area contributed by atoms with Crippen molar-refractivity contribution in [3.8, 4) is 11.5 Å². The number of esters is 1. The number of hydrogen-bond acceptors (Lipinski definition) is 4. The van der Waals surface area contributed by atoms with E-state index in [1.165, 1.54) is 6.08 Å². The minimum atomic E-state index is -0.533. The number of benzene rings is 2. The Kier molecular flexibility index (Phi) is 6.63. The lowest BCUT2D eigenvalue weighted by molar-refractivity contribution is -0.148. The first-order chi connectivity index (χ1) is 13.2. The third-order valence-corrected chi connectivity index (χ3v) is 4.30. The first kappa shape index (κ1) is 18.7. The lowest BCUT2D eigenvalue weighted by atomic mass is 10.1. The number of carbonyl (C=O) groups is 2. The normalized spacial score (nSPS) is 14.1. The Labute approximate surface area is 159 Å². The number of likely N-dealkylation sites (tertiary alicyclic amines) is 1. The Balaban J connectivity index is 1.50. The first-order valence-corrected chi connectivity index (χ1v) is 9.16. The largest absolute Gasteiger partial charge is 0.457 e. The van der Waals surface area contributed by atoms with Crippen molar-refractivity contribution in [2.24, 2.45) is 0 Å². The highest BCUT2D eigenvalue weighted by molar-refractivity contribution is 5.89. The van der Waals surface area contributed by atoms with Crippen LogP contribution in [0.4, 0.5) is 0 Å². The molecule has 5 nitrogen and oxygen atoms in total. The maximum atomic E-state index is 12.0. The standard InChI is InChI=1S/C22H23NO4/c24-21(23-14-5-2-6-15-23)17-26-22(25)13-12-18-8-7-11-20(16-18)27-19-9-3-1-4-10-19/h1,3-4,7-13,16H,2,5-6,14-15,17H2/b13-12+. The van der Waals surface area contributed by atoms with Gasteiger partial charge in [-0.3, -0.25) is 4.79 Å². The van der Waals surface area contributed by atoms with E-state index in [0.29, 0.717) is 5.75 Å². The van der Waals surface area contributed by atoms with E-state index < -0.39 is 5.97 Å². The van der Waals surface area contributed by atoms with Crippen molar-refractivity contribution < 1.29 is 19.1 Å². The second-order valence-electron chi connectivity index (χ2n) is 6.37. The minimum Gasteiger partial charge on any atom is -0.457 e. The van der Waals surface area contributed by atoms with Gasteiger partial charge in [-0.1, -0.05) is 30.3 Å². The summed E-state index contributed by atoms with van der Waals surface area (Å²) in [6, 6.07) is 16.9. The molecule has 140 valence electrons. The summed E-state index contributed by atoms with van der Waals surface area (Å²) in [7, 11) is 0. The molecular formula is C22H23NO4. The van der Waals surface area contributed by atoms with Crippen LogP contribution < -0.4 is 4.74 Å². The van der Waals surface area contributed by atoms with Gasteiger partial charge in [0.05, 0.1) is 0 Å². The predicted molar refractivity (Wildman–Crippen MR) is 103 cm³/mol. The monoisotopic (exact) mass is 365 g/mol. The Morgan fingerprint density at radius 1 is 0.926 bits per heavy atom. The van der Waals surface area contributed by atoms with Crippen molar-refractivity contribution in [2.45, 2.75) is 19.3 Å². The molecule has 1 aliphatic heterocycles. The topological polar surface area (TPSA) is 55.8 Å². The molecule has 0 radical (unpaired) electrons. The molecule has 0 bridgehead atoms. The number of hydrogen-bond donors (Lipinski definition) is 0. The molecule has 0 atom stereocenters. The van der Waals surface area contributed by atoms with Crippen molar-refractivity contribution in [1.29, 1.82) is 0 Å². The van der Waals surface area contributed by atoms with Crippen LogP contribution >= 0.6 is 0 Å². The highest BCUT2D eigenvalue weighted by Gasteiger charge is 2.17. The van der Waals surface area contributed by atoms with Crippen LogP contribution in [0, 0.1) is 0 Å². The van der Waals surface area contributed by atoms with Gasteiger partial charge in [0.15, 0.2) is 6.61 Å². The molecule has 0 saturated carbocycles. The lowest BCUT2D eigenvalue weighted by Gasteiger charge is -2.26. The summed E-state index contributed by atoms with van der Waals surface area (Å²) in [5.74, 6) is 0.760. The quantitative estimate of drug-likeness (QED) is 0.572. The molecule has 3 rings (SSSR count). The van der Waals surface area contributed by atoms with E-state index >= 15 is 0 Å². The molecule has 0 unspecified atom stereocenters. The Hall–Kier alpha value is -3.08. The zero-order chi connectivity index (χ0) is 18.9. The Morgan fingerprint density at radius 3 is 2.44 bits per heavy atom. The van der Waals surface area contributed by atoms with Gasteiger partial charge in [-0.25, -0.2) is 4.79 Å². The number of piperidine rings is 1. The number of para-hydroxylation sites is 1. The van der Waals surface area contributed by atoms with Crippen LogP contribution in [0.5, 0.6) is 11.5 Å². The summed E-state index contributed by atoms with van der Waals surface area (Å²) in [6.45, 7) is 1.29. The molecule has 0 N–H and O–H groups in total. The molecular weight excluding hydrogens is 342 g/mol. The molecule has 5 heteroatoms. The van der Waals surface area contributed by atoms with Crippen LogP contribution in [-0.4, -0.2) is 36.5 Å². The van der Waals surface area contributed by atoms with Gasteiger partial charge >= 0.3 is 5.97 Å². The summed E-state index contributed by atoms with van der Waals surface area (Å²) >= 11 is 0. The van der Waals surface area contributed by atoms with Crippen LogP contribution in [0.15, 0.2) is 60.7 Å². The second-order valence-corrected chi connectivity index (χ2v) is 6.37. The van der Waals surface area contributed by atoms with Gasteiger partial charge in [-0.15, -0.1) is 0 Å². The fraction of sp³-hybridized carbons (Fsp3) is 0.273. The van der Waals surface area contributed by atoms with Gasteiger partial charge in [-0.05, 0) is 55.2 Å². The van der Waals surface area contributed by atoms with Gasteiger partial charge in [0.25, 0.3) is 5.91 Å². The number of rotatable bonds is 6. The third-order valence-electron chi connectivity index (χ3n) is 4.30. The molecule has 0 aliphatic carbocycles. The average molecular weight is 365 g/mol. The maximum absolute atomic E-state index is 12.0. The number of nitrogens with zero attached hydrogens (tertiary/aromatic N) is 1. The van der Waals surface area contributed by atoms with Gasteiger partial charge in [0.2, 0.25) is 0 Å². The van der Waals surface area contributed by atoms with Gasteiger partial charge < -0.3 is 14.4 Å². The molecule has 1 fully saturated rings. The van der Waals surface area contributed by atoms with E-state index in [4.69, 9.17) is 9.47 Å². The number of carbonyl (C=O) groups excluding carboxylic acids is 2. The summed E-state index contributed by atoms with van der Waals surface area (Å²) in [5.41, 5.74) is 0.808. The average Bonchev–Trinajstić information content (AvgIpc) is 2.72. The summed E-state index contributed by atoms with van der Waals surface area (Å²) in [6.07, 6.45) is 6.15. The maximum Gasteiger partial charge on any atom is 0.331 e.